The van der Waals surface area contributed by atoms with Crippen molar-refractivity contribution in [1.29, 1.82) is 0 Å². The van der Waals surface area contributed by atoms with Crippen LogP contribution in [0.3, 0.4) is 0 Å². The molecule has 0 saturated heterocycles. The molecule has 0 spiro atoms. The van der Waals surface area contributed by atoms with E-state index in [-0.39, 0.29) is 12.3 Å². The first kappa shape index (κ1) is 32.3. The average molecular weight is 554 g/mol. The van der Waals surface area contributed by atoms with E-state index in [1.54, 1.807) is 20.8 Å². The van der Waals surface area contributed by atoms with Crippen molar-refractivity contribution in [3.05, 3.63) is 71.8 Å². The number of hydrogen-bond donors (Lipinski definition) is 3. The molecule has 0 aliphatic carbocycles. The van der Waals surface area contributed by atoms with Gasteiger partial charge >= 0.3 is 12.1 Å². The second-order valence-electron chi connectivity index (χ2n) is 11.2. The first-order valence-corrected chi connectivity index (χ1v) is 13.6. The van der Waals surface area contributed by atoms with E-state index >= 15 is 0 Å². The summed E-state index contributed by atoms with van der Waals surface area (Å²) in [5.74, 6) is -1.55. The zero-order chi connectivity index (χ0) is 29.7. The van der Waals surface area contributed by atoms with Crippen LogP contribution in [0.2, 0.25) is 0 Å². The van der Waals surface area contributed by atoms with E-state index in [0.717, 1.165) is 11.1 Å². The lowest BCUT2D eigenvalue weighted by atomic mass is 10.00. The summed E-state index contributed by atoms with van der Waals surface area (Å²) in [6.07, 6.45) is 0.663. The number of amides is 3. The van der Waals surface area contributed by atoms with Crippen LogP contribution in [0.4, 0.5) is 4.79 Å². The molecule has 0 heterocycles. The van der Waals surface area contributed by atoms with Crippen LogP contribution in [0.15, 0.2) is 60.7 Å². The number of carbonyl (C=O) groups is 4. The molecule has 218 valence electrons. The Balaban J connectivity index is 2.20. The summed E-state index contributed by atoms with van der Waals surface area (Å²) in [5, 5.41) is 8.22. The summed E-state index contributed by atoms with van der Waals surface area (Å²) in [7, 11) is 1.26. The molecule has 0 aliphatic heterocycles. The number of carbonyl (C=O) groups excluding carboxylic acids is 4. The van der Waals surface area contributed by atoms with Crippen molar-refractivity contribution in [3.8, 4) is 0 Å². The van der Waals surface area contributed by atoms with Crippen molar-refractivity contribution in [1.82, 2.24) is 16.0 Å². The molecule has 2 aromatic rings. The third-order valence-electron chi connectivity index (χ3n) is 6.00. The topological polar surface area (TPSA) is 123 Å². The highest BCUT2D eigenvalue weighted by molar-refractivity contribution is 5.93. The number of alkyl carbamates (subject to hydrolysis) is 1. The molecule has 40 heavy (non-hydrogen) atoms. The third-order valence-corrected chi connectivity index (χ3v) is 6.00. The van der Waals surface area contributed by atoms with E-state index in [0.29, 0.717) is 19.3 Å². The van der Waals surface area contributed by atoms with E-state index in [1.807, 2.05) is 74.5 Å². The van der Waals surface area contributed by atoms with Gasteiger partial charge in [-0.3, -0.25) is 9.59 Å². The number of ether oxygens (including phenoxy) is 2. The fraction of sp³-hybridized carbons (Fsp3) is 0.484. The van der Waals surface area contributed by atoms with E-state index < -0.39 is 47.6 Å². The Hall–Kier alpha value is -3.88. The van der Waals surface area contributed by atoms with Crippen LogP contribution < -0.4 is 16.0 Å². The van der Waals surface area contributed by atoms with Gasteiger partial charge in [-0.15, -0.1) is 0 Å². The number of methoxy groups -OCH3 is 1. The summed E-state index contributed by atoms with van der Waals surface area (Å²) in [6, 6.07) is 16.1. The van der Waals surface area contributed by atoms with Gasteiger partial charge in [0.15, 0.2) is 0 Å². The first-order chi connectivity index (χ1) is 18.9. The zero-order valence-corrected chi connectivity index (χ0v) is 24.4. The second kappa shape index (κ2) is 15.6. The Labute approximate surface area is 237 Å². The van der Waals surface area contributed by atoms with Crippen LogP contribution in [-0.4, -0.2) is 54.7 Å². The maximum atomic E-state index is 13.5. The molecular weight excluding hydrogens is 510 g/mol. The molecule has 0 radical (unpaired) electrons. The van der Waals surface area contributed by atoms with E-state index in [4.69, 9.17) is 9.47 Å². The van der Waals surface area contributed by atoms with Crippen molar-refractivity contribution in [3.63, 3.8) is 0 Å². The van der Waals surface area contributed by atoms with Crippen molar-refractivity contribution in [2.24, 2.45) is 5.92 Å². The zero-order valence-electron chi connectivity index (χ0n) is 24.4. The van der Waals surface area contributed by atoms with Crippen LogP contribution in [-0.2, 0) is 36.7 Å². The molecule has 3 N–H and O–H groups in total. The summed E-state index contributed by atoms with van der Waals surface area (Å²) >= 11 is 0. The highest BCUT2D eigenvalue weighted by Gasteiger charge is 2.31. The van der Waals surface area contributed by atoms with Gasteiger partial charge in [0.2, 0.25) is 11.8 Å². The van der Waals surface area contributed by atoms with Gasteiger partial charge in [-0.05, 0) is 57.1 Å². The van der Waals surface area contributed by atoms with Crippen LogP contribution in [0.1, 0.15) is 58.6 Å². The lowest BCUT2D eigenvalue weighted by Gasteiger charge is -2.27. The average Bonchev–Trinajstić information content (AvgIpc) is 2.89. The minimum Gasteiger partial charge on any atom is -0.467 e. The van der Waals surface area contributed by atoms with E-state index in [2.05, 4.69) is 16.0 Å². The molecule has 0 bridgehead atoms. The molecule has 3 atom stereocenters. The molecule has 0 fully saturated rings. The normalized spacial score (nSPS) is 13.5. The molecule has 2 aromatic carbocycles. The van der Waals surface area contributed by atoms with Crippen LogP contribution in [0.25, 0.3) is 0 Å². The van der Waals surface area contributed by atoms with E-state index in [9.17, 15) is 19.2 Å². The van der Waals surface area contributed by atoms with Gasteiger partial charge in [0.05, 0.1) is 7.11 Å². The molecule has 0 unspecified atom stereocenters. The lowest BCUT2D eigenvalue weighted by molar-refractivity contribution is -0.145. The number of benzene rings is 2. The predicted octanol–water partition coefficient (Wildman–Crippen LogP) is 3.94. The van der Waals surface area contributed by atoms with Gasteiger partial charge in [0.1, 0.15) is 23.7 Å². The van der Waals surface area contributed by atoms with Gasteiger partial charge in [-0.25, -0.2) is 9.59 Å². The Kier molecular flexibility index (Phi) is 12.6. The van der Waals surface area contributed by atoms with Gasteiger partial charge in [-0.2, -0.15) is 0 Å². The highest BCUT2D eigenvalue weighted by atomic mass is 16.6. The standard InChI is InChI=1S/C31H43N3O6/c1-21(2)19-25(28(36)33-26(29(37)39-6)20-23-15-11-8-12-16-23)32-27(35)24(34-30(38)40-31(3,4)5)18-17-22-13-9-7-10-14-22/h7-16,21,24-26H,17-20H2,1-6H3,(H,32,35)(H,33,36)(H,34,38)/t24-,25-,26-/m0/s1. The van der Waals surface area contributed by atoms with Gasteiger partial charge in [-0.1, -0.05) is 74.5 Å². The number of esters is 1. The van der Waals surface area contributed by atoms with Gasteiger partial charge in [0, 0.05) is 6.42 Å². The first-order valence-electron chi connectivity index (χ1n) is 13.6. The summed E-state index contributed by atoms with van der Waals surface area (Å²) in [6.45, 7) is 9.07. The third kappa shape index (κ3) is 11.9. The quantitative estimate of drug-likeness (QED) is 0.323. The van der Waals surface area contributed by atoms with Gasteiger partial charge in [0.25, 0.3) is 0 Å². The Bertz CT molecular complexity index is 1100. The van der Waals surface area contributed by atoms with Gasteiger partial charge < -0.3 is 25.4 Å². The number of nitrogens with one attached hydrogen (secondary N) is 3. The molecule has 2 rings (SSSR count). The Morgan fingerprint density at radius 3 is 1.80 bits per heavy atom. The number of rotatable bonds is 13. The minimum atomic E-state index is -0.946. The predicted molar refractivity (Wildman–Crippen MR) is 153 cm³/mol. The van der Waals surface area contributed by atoms with Crippen LogP contribution in [0.5, 0.6) is 0 Å². The Morgan fingerprint density at radius 1 is 0.750 bits per heavy atom. The second-order valence-corrected chi connectivity index (χ2v) is 11.2. The molecule has 3 amide bonds. The number of hydrogen-bond acceptors (Lipinski definition) is 6. The molecule has 9 nitrogen and oxygen atoms in total. The Morgan fingerprint density at radius 2 is 1.27 bits per heavy atom. The molecule has 0 saturated carbocycles. The van der Waals surface area contributed by atoms with Crippen LogP contribution in [0, 0.1) is 5.92 Å². The highest BCUT2D eigenvalue weighted by Crippen LogP contribution is 2.12. The number of aryl methyl sites for hydroxylation is 1. The largest absolute Gasteiger partial charge is 0.467 e. The van der Waals surface area contributed by atoms with Crippen molar-refractivity contribution in [2.75, 3.05) is 7.11 Å². The molecule has 9 heteroatoms. The smallest absolute Gasteiger partial charge is 0.408 e. The van der Waals surface area contributed by atoms with Crippen molar-refractivity contribution < 1.29 is 28.7 Å². The molecule has 0 aromatic heterocycles. The summed E-state index contributed by atoms with van der Waals surface area (Å²) in [4.78, 5) is 51.9. The molecule has 0 aliphatic rings. The van der Waals surface area contributed by atoms with Crippen molar-refractivity contribution in [2.45, 2.75) is 84.0 Å². The van der Waals surface area contributed by atoms with E-state index in [1.165, 1.54) is 7.11 Å². The maximum absolute atomic E-state index is 13.5. The fourth-order valence-electron chi connectivity index (χ4n) is 4.11. The van der Waals surface area contributed by atoms with Crippen LogP contribution >= 0.6 is 0 Å². The lowest BCUT2D eigenvalue weighted by Crippen LogP contribution is -2.56. The minimum absolute atomic E-state index is 0.0586. The molecular formula is C31H43N3O6. The fourth-order valence-corrected chi connectivity index (χ4v) is 4.11. The summed E-state index contributed by atoms with van der Waals surface area (Å²) in [5.41, 5.74) is 1.11. The SMILES string of the molecule is COC(=O)[C@H](Cc1ccccc1)NC(=O)[C@H](CC(C)C)NC(=O)[C@H](CCc1ccccc1)NC(=O)OC(C)(C)C. The van der Waals surface area contributed by atoms with Crippen molar-refractivity contribution >= 4 is 23.9 Å². The maximum Gasteiger partial charge on any atom is 0.408 e. The monoisotopic (exact) mass is 553 g/mol. The summed E-state index contributed by atoms with van der Waals surface area (Å²) < 4.78 is 10.3.